The zero-order valence-corrected chi connectivity index (χ0v) is 47.7. The summed E-state index contributed by atoms with van der Waals surface area (Å²) in [4.78, 5) is 95.8. The number of methoxy groups -OCH3 is 1. The molecule has 0 radical (unpaired) electrons. The number of ether oxygens (including phenoxy) is 6. The first kappa shape index (κ1) is 61.9. The number of fused-ring (bicyclic) bond motifs is 5. The minimum Gasteiger partial charge on any atom is -0.491 e. The molecule has 1 heterocycles. The van der Waals surface area contributed by atoms with E-state index < -0.39 is 93.0 Å². The predicted molar refractivity (Wildman–Crippen MR) is 284 cm³/mol. The highest BCUT2D eigenvalue weighted by molar-refractivity contribution is 9.10. The van der Waals surface area contributed by atoms with Gasteiger partial charge in [0.2, 0.25) is 27.7 Å². The maximum Gasteiger partial charge on any atom is 0.407 e. The molecule has 4 atom stereocenters. The molecule has 1 aliphatic heterocycles. The van der Waals surface area contributed by atoms with Gasteiger partial charge in [0.05, 0.1) is 25.1 Å². The quantitative estimate of drug-likeness (QED) is 0.0536. The summed E-state index contributed by atoms with van der Waals surface area (Å²) in [6.45, 7) is 17.8. The molecular formula is C52H72BrN7O15S. The molecular weight excluding hydrogens is 1070 g/mol. The van der Waals surface area contributed by atoms with E-state index in [1.54, 1.807) is 99.6 Å². The van der Waals surface area contributed by atoms with Crippen LogP contribution in [0.4, 0.5) is 14.4 Å². The highest BCUT2D eigenvalue weighted by Crippen LogP contribution is 2.40. The molecule has 3 aromatic carbocycles. The van der Waals surface area contributed by atoms with Crippen LogP contribution in [0.5, 0.6) is 11.5 Å². The van der Waals surface area contributed by atoms with Gasteiger partial charge in [0.15, 0.2) is 0 Å². The van der Waals surface area contributed by atoms with Crippen molar-refractivity contribution in [3.05, 3.63) is 75.8 Å². The molecule has 0 aromatic heterocycles. The van der Waals surface area contributed by atoms with E-state index in [0.29, 0.717) is 21.2 Å². The first-order valence-electron chi connectivity index (χ1n) is 24.4. The van der Waals surface area contributed by atoms with Gasteiger partial charge >= 0.3 is 24.2 Å². The van der Waals surface area contributed by atoms with Crippen molar-refractivity contribution in [2.75, 3.05) is 47.0 Å². The second-order valence-corrected chi connectivity index (χ2v) is 23.4. The van der Waals surface area contributed by atoms with Crippen LogP contribution in [-0.2, 0) is 54.6 Å². The number of halogens is 1. The number of nitrogens with one attached hydrogen (secondary N) is 6. The van der Waals surface area contributed by atoms with Crippen molar-refractivity contribution in [2.24, 2.45) is 0 Å². The first-order valence-corrected chi connectivity index (χ1v) is 26.7. The number of likely N-dealkylation sites (N-methyl/N-ethyl adjacent to an activating group) is 1. The maximum atomic E-state index is 15.1. The number of esters is 1. The third kappa shape index (κ3) is 19.2. The molecule has 24 heteroatoms. The van der Waals surface area contributed by atoms with E-state index in [-0.39, 0.29) is 73.2 Å². The van der Waals surface area contributed by atoms with E-state index >= 15 is 4.79 Å². The molecule has 0 spiro atoms. The van der Waals surface area contributed by atoms with Gasteiger partial charge in [0.25, 0.3) is 0 Å². The average Bonchev–Trinajstić information content (AvgIpc) is 3.29. The number of alkyl carbamates (subject to hydrolysis) is 3. The third-order valence-electron chi connectivity index (χ3n) is 10.8. The van der Waals surface area contributed by atoms with Crippen LogP contribution in [0.3, 0.4) is 0 Å². The van der Waals surface area contributed by atoms with Gasteiger partial charge in [0.1, 0.15) is 65.7 Å². The zero-order chi connectivity index (χ0) is 56.9. The van der Waals surface area contributed by atoms with Crippen LogP contribution in [0.1, 0.15) is 98.4 Å². The number of rotatable bonds is 17. The molecule has 6 N–H and O–H groups in total. The fourth-order valence-electron chi connectivity index (χ4n) is 7.53. The van der Waals surface area contributed by atoms with E-state index in [1.807, 2.05) is 0 Å². The van der Waals surface area contributed by atoms with Gasteiger partial charge in [0, 0.05) is 35.6 Å². The fourth-order valence-corrected chi connectivity index (χ4v) is 9.46. The topological polar surface area (TPSA) is 284 Å². The molecule has 418 valence electrons. The second kappa shape index (κ2) is 26.4. The van der Waals surface area contributed by atoms with Crippen molar-refractivity contribution >= 4 is 67.9 Å². The van der Waals surface area contributed by atoms with Crippen LogP contribution in [0, 0.1) is 6.92 Å². The highest BCUT2D eigenvalue weighted by atomic mass is 79.9. The molecule has 0 unspecified atom stereocenters. The number of hydrogen-bond donors (Lipinski definition) is 6. The molecule has 1 aliphatic rings. The Hall–Kier alpha value is -6.66. The smallest absolute Gasteiger partial charge is 0.407 e. The summed E-state index contributed by atoms with van der Waals surface area (Å²) in [7, 11) is -2.04. The van der Waals surface area contributed by atoms with Crippen LogP contribution in [-0.4, -0.2) is 137 Å². The van der Waals surface area contributed by atoms with E-state index in [1.165, 1.54) is 38.2 Å². The summed E-state index contributed by atoms with van der Waals surface area (Å²) in [5.41, 5.74) is -0.828. The average molecular weight is 1150 g/mol. The van der Waals surface area contributed by atoms with E-state index in [4.69, 9.17) is 28.4 Å². The minimum atomic E-state index is -4.47. The molecule has 76 heavy (non-hydrogen) atoms. The molecule has 0 aliphatic carbocycles. The minimum absolute atomic E-state index is 0.000771. The van der Waals surface area contributed by atoms with Crippen LogP contribution < -0.4 is 40.8 Å². The summed E-state index contributed by atoms with van der Waals surface area (Å²) in [6.07, 6.45) is -2.62. The Morgan fingerprint density at radius 2 is 1.24 bits per heavy atom. The lowest BCUT2D eigenvalue weighted by Gasteiger charge is -2.32. The number of benzene rings is 3. The lowest BCUT2D eigenvalue weighted by atomic mass is 9.93. The monoisotopic (exact) mass is 1150 g/mol. The molecule has 4 rings (SSSR count). The van der Waals surface area contributed by atoms with Gasteiger partial charge in [-0.25, -0.2) is 27.6 Å². The van der Waals surface area contributed by atoms with Crippen molar-refractivity contribution in [1.29, 1.82) is 0 Å². The summed E-state index contributed by atoms with van der Waals surface area (Å²) < 4.78 is 65.2. The number of carbonyl (C=O) groups excluding carboxylic acids is 7. The Morgan fingerprint density at radius 3 is 1.75 bits per heavy atom. The number of carbonyl (C=O) groups is 7. The van der Waals surface area contributed by atoms with E-state index in [9.17, 15) is 37.2 Å². The van der Waals surface area contributed by atoms with Crippen molar-refractivity contribution < 1.29 is 70.4 Å². The van der Waals surface area contributed by atoms with Crippen molar-refractivity contribution in [3.63, 3.8) is 0 Å². The number of hydrogen-bond acceptors (Lipinski definition) is 15. The summed E-state index contributed by atoms with van der Waals surface area (Å²) in [5.74, 6) is -2.98. The highest BCUT2D eigenvalue weighted by Gasteiger charge is 2.38. The van der Waals surface area contributed by atoms with Crippen molar-refractivity contribution in [1.82, 2.24) is 36.2 Å². The SMILES string of the molecule is COC(=O)[C@@H]1Cc2ccc(OCCNC(=O)OC(C)(C)C)c(c2)-c2cc(ccc2OCCNC(=O)OC(C)(C)C)[C@H](N(C)C(=O)[C@H](CCNC(=O)OC(C)(C)C)NS(=O)(=O)c2ccc(Br)cc2C)C(=O)N[C@@H](C)C(=O)N1. The molecule has 22 nitrogen and oxygen atoms in total. The molecule has 3 aromatic rings. The lowest BCUT2D eigenvalue weighted by Crippen LogP contribution is -2.55. The van der Waals surface area contributed by atoms with Gasteiger partial charge in [-0.05, 0) is 142 Å². The van der Waals surface area contributed by atoms with Crippen molar-refractivity contribution in [3.8, 4) is 22.6 Å². The van der Waals surface area contributed by atoms with Crippen LogP contribution in [0.15, 0.2) is 64.0 Å². The molecule has 6 amide bonds. The Balaban J connectivity index is 1.93. The van der Waals surface area contributed by atoms with Gasteiger partial charge in [-0.3, -0.25) is 14.4 Å². The lowest BCUT2D eigenvalue weighted by molar-refractivity contribution is -0.145. The van der Waals surface area contributed by atoms with E-state index in [2.05, 4.69) is 47.2 Å². The number of sulfonamides is 1. The zero-order valence-electron chi connectivity index (χ0n) is 45.3. The number of nitrogens with zero attached hydrogens (tertiary/aromatic N) is 1. The van der Waals surface area contributed by atoms with Gasteiger partial charge in [-0.2, -0.15) is 4.72 Å². The van der Waals surface area contributed by atoms with Gasteiger partial charge in [-0.15, -0.1) is 0 Å². The van der Waals surface area contributed by atoms with Gasteiger partial charge < -0.3 is 59.9 Å². The third-order valence-corrected chi connectivity index (χ3v) is 12.9. The first-order chi connectivity index (χ1) is 35.3. The largest absolute Gasteiger partial charge is 0.491 e. The Labute approximate surface area is 452 Å². The number of aryl methyl sites for hydroxylation is 1. The molecule has 0 saturated heterocycles. The Kier molecular flexibility index (Phi) is 21.5. The summed E-state index contributed by atoms with van der Waals surface area (Å²) >= 11 is 3.35. The summed E-state index contributed by atoms with van der Waals surface area (Å²) in [5, 5.41) is 13.2. The van der Waals surface area contributed by atoms with Crippen LogP contribution in [0.25, 0.3) is 11.1 Å². The van der Waals surface area contributed by atoms with Crippen molar-refractivity contribution in [2.45, 2.75) is 135 Å². The maximum absolute atomic E-state index is 15.1. The Bertz CT molecular complexity index is 2720. The standard InChI is InChI=1S/C52H72BrN7O15S/c1-30-26-34(53)16-19-41(30)76(68,69)59-37(20-21-54-47(65)73-50(3,4)5)45(63)60(12)42-33-15-18-40(72-25-23-56-49(67)75-52(9,10)11)36(29-33)35-27-32(14-17-39(35)71-24-22-55-48(66)74-51(6,7)8)28-38(46(64)70-13)58-43(61)31(2)57-44(42)62/h14-19,26-27,29,31,37-38,42,59H,20-25,28H2,1-13H3,(H,54,65)(H,55,66)(H,56,67)(H,57,62)(H,58,61)/t31-,37-,38-,42-/m0/s1. The Morgan fingerprint density at radius 1 is 0.724 bits per heavy atom. The normalized spacial score (nSPS) is 16.5. The van der Waals surface area contributed by atoms with Gasteiger partial charge in [-0.1, -0.05) is 28.1 Å². The van der Waals surface area contributed by atoms with E-state index in [0.717, 1.165) is 12.0 Å². The second-order valence-electron chi connectivity index (χ2n) is 20.8. The number of amides is 6. The molecule has 0 saturated carbocycles. The molecule has 4 bridgehead atoms. The fraction of sp³-hybridized carbons (Fsp3) is 0.519. The molecule has 0 fully saturated rings. The predicted octanol–water partition coefficient (Wildman–Crippen LogP) is 5.71. The van der Waals surface area contributed by atoms with Crippen LogP contribution in [0.2, 0.25) is 0 Å². The summed E-state index contributed by atoms with van der Waals surface area (Å²) in [6, 6.07) is 8.16. The van der Waals surface area contributed by atoms with Crippen LogP contribution >= 0.6 is 15.9 Å².